The maximum absolute atomic E-state index is 13.3. The van der Waals surface area contributed by atoms with Crippen molar-refractivity contribution in [2.45, 2.75) is 56.2 Å². The number of benzene rings is 1. The molecule has 0 amide bonds. The molecule has 0 bridgehead atoms. The van der Waals surface area contributed by atoms with Crippen LogP contribution >= 0.6 is 0 Å². The fourth-order valence-corrected chi connectivity index (χ4v) is 6.41. The zero-order valence-corrected chi connectivity index (χ0v) is 15.6. The minimum Gasteiger partial charge on any atom is -0.292 e. The minimum absolute atomic E-state index is 0.0497. The van der Waals surface area contributed by atoms with E-state index < -0.39 is 10.0 Å². The largest absolute Gasteiger partial charge is 0.292 e. The molecule has 3 aliphatic rings. The topological polar surface area (TPSA) is 49.9 Å². The summed E-state index contributed by atoms with van der Waals surface area (Å²) in [5, 5.41) is 1.94. The van der Waals surface area contributed by atoms with E-state index in [2.05, 4.69) is 13.8 Å². The lowest BCUT2D eigenvalue weighted by Gasteiger charge is -2.32. The Morgan fingerprint density at radius 2 is 1.83 bits per heavy atom. The second-order valence-electron chi connectivity index (χ2n) is 7.92. The molecule has 4 rings (SSSR count). The first-order chi connectivity index (χ1) is 11.3. The number of rotatable bonds is 3. The summed E-state index contributed by atoms with van der Waals surface area (Å²) in [6.07, 6.45) is 2.09. The molecular weight excluding hydrogens is 324 g/mol. The quantitative estimate of drug-likeness (QED) is 0.840. The van der Waals surface area contributed by atoms with Crippen LogP contribution in [0.5, 0.6) is 0 Å². The number of aryl methyl sites for hydroxylation is 1. The van der Waals surface area contributed by atoms with Gasteiger partial charge in [0.25, 0.3) is 0 Å². The van der Waals surface area contributed by atoms with E-state index >= 15 is 0 Å². The number of sulfonamides is 1. The molecule has 0 N–H and O–H groups in total. The summed E-state index contributed by atoms with van der Waals surface area (Å²) in [5.74, 6) is 0.510. The Morgan fingerprint density at radius 1 is 1.21 bits per heavy atom. The van der Waals surface area contributed by atoms with Crippen LogP contribution in [0.1, 0.15) is 32.3 Å². The average molecular weight is 350 g/mol. The van der Waals surface area contributed by atoms with Gasteiger partial charge in [0.1, 0.15) is 0 Å². The average Bonchev–Trinajstić information content (AvgIpc) is 3.07. The van der Waals surface area contributed by atoms with Gasteiger partial charge in [0.15, 0.2) is 0 Å². The van der Waals surface area contributed by atoms with Crippen molar-refractivity contribution >= 4 is 10.0 Å². The van der Waals surface area contributed by atoms with Gasteiger partial charge in [-0.25, -0.2) is 8.42 Å². The van der Waals surface area contributed by atoms with E-state index in [1.54, 1.807) is 16.4 Å². The summed E-state index contributed by atoms with van der Waals surface area (Å²) < 4.78 is 28.3. The van der Waals surface area contributed by atoms with Gasteiger partial charge in [0.05, 0.1) is 16.5 Å². The maximum atomic E-state index is 13.3. The number of fused-ring (bicyclic) bond motifs is 2. The third-order valence-electron chi connectivity index (χ3n) is 5.95. The fourth-order valence-electron chi connectivity index (χ4n) is 4.61. The van der Waals surface area contributed by atoms with Crippen LogP contribution in [0.15, 0.2) is 29.2 Å². The molecule has 1 aliphatic carbocycles. The van der Waals surface area contributed by atoms with Crippen LogP contribution in [0.25, 0.3) is 0 Å². The van der Waals surface area contributed by atoms with Crippen LogP contribution < -0.4 is 0 Å². The lowest BCUT2D eigenvalue weighted by molar-refractivity contribution is -0.165. The summed E-state index contributed by atoms with van der Waals surface area (Å²) in [6, 6.07) is 7.28. The molecule has 2 heterocycles. The number of likely N-dealkylation sites (N-methyl/N-ethyl adjacent to an activating group) is 1. The molecule has 0 unspecified atom stereocenters. The second-order valence-corrected chi connectivity index (χ2v) is 9.81. The fraction of sp³-hybridized carbons (Fsp3) is 0.667. The van der Waals surface area contributed by atoms with Crippen molar-refractivity contribution in [1.29, 1.82) is 0 Å². The van der Waals surface area contributed by atoms with E-state index in [1.165, 1.54) is 0 Å². The molecule has 3 atom stereocenters. The lowest BCUT2D eigenvalue weighted by Crippen LogP contribution is -2.47. The van der Waals surface area contributed by atoms with E-state index in [9.17, 15) is 8.42 Å². The van der Waals surface area contributed by atoms with E-state index in [1.807, 2.05) is 31.2 Å². The molecule has 2 aliphatic heterocycles. The zero-order valence-electron chi connectivity index (χ0n) is 14.8. The molecular formula is C18H26N2O3S. The Kier molecular flexibility index (Phi) is 3.63. The molecule has 24 heavy (non-hydrogen) atoms. The van der Waals surface area contributed by atoms with Gasteiger partial charge in [-0.05, 0) is 37.8 Å². The first-order valence-electron chi connectivity index (χ1n) is 8.77. The molecule has 0 aromatic heterocycles. The molecule has 5 nitrogen and oxygen atoms in total. The summed E-state index contributed by atoms with van der Waals surface area (Å²) in [4.78, 5) is 6.50. The van der Waals surface area contributed by atoms with Gasteiger partial charge in [-0.1, -0.05) is 31.5 Å². The predicted molar refractivity (Wildman–Crippen MR) is 91.8 cm³/mol. The van der Waals surface area contributed by atoms with Crippen LogP contribution in [0.2, 0.25) is 0 Å². The Balaban J connectivity index is 1.73. The number of nitrogens with zero attached hydrogens (tertiary/aromatic N) is 2. The monoisotopic (exact) mass is 350 g/mol. The highest BCUT2D eigenvalue weighted by Gasteiger charge is 2.67. The molecule has 1 spiro atoms. The zero-order chi connectivity index (χ0) is 17.3. The SMILES string of the molecule is Cc1ccc(S(=O)(=O)N2C[C@H]3[C@@H]([C@@H]2C(C)C)N(C)OC32CC2)cc1. The van der Waals surface area contributed by atoms with Gasteiger partial charge in [-0.15, -0.1) is 0 Å². The third-order valence-corrected chi connectivity index (χ3v) is 7.82. The highest BCUT2D eigenvalue weighted by molar-refractivity contribution is 7.89. The second kappa shape index (κ2) is 5.27. The lowest BCUT2D eigenvalue weighted by atomic mass is 9.88. The van der Waals surface area contributed by atoms with Crippen molar-refractivity contribution < 1.29 is 13.3 Å². The van der Waals surface area contributed by atoms with E-state index in [0.717, 1.165) is 18.4 Å². The summed E-state index contributed by atoms with van der Waals surface area (Å²) >= 11 is 0. The Bertz CT molecular complexity index is 740. The smallest absolute Gasteiger partial charge is 0.243 e. The summed E-state index contributed by atoms with van der Waals surface area (Å²) in [6.45, 7) is 6.75. The van der Waals surface area contributed by atoms with Gasteiger partial charge >= 0.3 is 0 Å². The van der Waals surface area contributed by atoms with Crippen LogP contribution in [0.3, 0.4) is 0 Å². The van der Waals surface area contributed by atoms with Crippen LogP contribution in [0, 0.1) is 18.8 Å². The molecule has 1 saturated carbocycles. The molecule has 132 valence electrons. The van der Waals surface area contributed by atoms with E-state index in [0.29, 0.717) is 11.4 Å². The first-order valence-corrected chi connectivity index (χ1v) is 10.2. The standard InChI is InChI=1S/C18H26N2O3S/c1-12(2)16-17-15(18(9-10-18)23-19(17)4)11-20(16)24(21,22)14-7-5-13(3)6-8-14/h5-8,12,15-17H,9-11H2,1-4H3/t15-,16-,17-/m0/s1. The van der Waals surface area contributed by atoms with Crippen molar-refractivity contribution in [3.8, 4) is 0 Å². The number of hydrogen-bond donors (Lipinski definition) is 0. The van der Waals surface area contributed by atoms with Crippen LogP contribution in [0.4, 0.5) is 0 Å². The van der Waals surface area contributed by atoms with Crippen molar-refractivity contribution in [1.82, 2.24) is 9.37 Å². The third kappa shape index (κ3) is 2.27. The Hall–Kier alpha value is -0.950. The highest BCUT2D eigenvalue weighted by Crippen LogP contribution is 2.57. The van der Waals surface area contributed by atoms with Crippen molar-refractivity contribution in [2.24, 2.45) is 11.8 Å². The van der Waals surface area contributed by atoms with Crippen LogP contribution in [-0.4, -0.2) is 49.1 Å². The van der Waals surface area contributed by atoms with Crippen molar-refractivity contribution in [3.63, 3.8) is 0 Å². The molecule has 6 heteroatoms. The van der Waals surface area contributed by atoms with Gasteiger partial charge < -0.3 is 0 Å². The van der Waals surface area contributed by atoms with Crippen LogP contribution in [-0.2, 0) is 14.9 Å². The molecule has 2 saturated heterocycles. The van der Waals surface area contributed by atoms with E-state index in [4.69, 9.17) is 4.84 Å². The number of hydroxylamine groups is 2. The molecule has 1 aromatic rings. The Morgan fingerprint density at radius 3 is 2.38 bits per heavy atom. The van der Waals surface area contributed by atoms with Crippen molar-refractivity contribution in [3.05, 3.63) is 29.8 Å². The molecule has 1 aromatic carbocycles. The minimum atomic E-state index is -3.49. The molecule has 0 radical (unpaired) electrons. The van der Waals surface area contributed by atoms with Gasteiger partial charge in [-0.2, -0.15) is 9.37 Å². The highest BCUT2D eigenvalue weighted by atomic mass is 32.2. The predicted octanol–water partition coefficient (Wildman–Crippen LogP) is 2.42. The summed E-state index contributed by atoms with van der Waals surface area (Å²) in [7, 11) is -1.53. The van der Waals surface area contributed by atoms with Gasteiger partial charge in [0.2, 0.25) is 10.0 Å². The van der Waals surface area contributed by atoms with Crippen molar-refractivity contribution in [2.75, 3.05) is 13.6 Å². The van der Waals surface area contributed by atoms with E-state index in [-0.39, 0.29) is 29.5 Å². The Labute approximate surface area is 144 Å². The summed E-state index contributed by atoms with van der Waals surface area (Å²) in [5.41, 5.74) is 0.960. The molecule has 3 fully saturated rings. The maximum Gasteiger partial charge on any atom is 0.243 e. The number of hydrogen-bond acceptors (Lipinski definition) is 4. The van der Waals surface area contributed by atoms with Gasteiger partial charge in [0, 0.05) is 25.6 Å². The van der Waals surface area contributed by atoms with Gasteiger partial charge in [-0.3, -0.25) is 4.84 Å². The normalized spacial score (nSPS) is 32.6. The first kappa shape index (κ1) is 16.5.